The molecular formula is C105H128N26O4S. The molecule has 31 heteroatoms. The Morgan fingerprint density at radius 1 is 0.316 bits per heavy atom. The second-order valence-corrected chi connectivity index (χ2v) is 34.7. The normalized spacial score (nSPS) is 16.8. The Morgan fingerprint density at radius 2 is 0.853 bits per heavy atom. The van der Waals surface area contributed by atoms with E-state index in [1.54, 1.807) is 43.6 Å². The van der Waals surface area contributed by atoms with E-state index >= 15 is 0 Å². The van der Waals surface area contributed by atoms with Gasteiger partial charge in [-0.15, -0.1) is 16.9 Å². The largest absolute Gasteiger partial charge is 0.488 e. The van der Waals surface area contributed by atoms with E-state index in [9.17, 15) is 0 Å². The van der Waals surface area contributed by atoms with Gasteiger partial charge in [0.2, 0.25) is 0 Å². The minimum atomic E-state index is 0.664. The highest BCUT2D eigenvalue weighted by Gasteiger charge is 2.30. The number of benzene rings is 3. The summed E-state index contributed by atoms with van der Waals surface area (Å²) in [6.45, 7) is 16.8. The molecule has 1 saturated carbocycles. The number of rotatable bonds is 0. The Kier molecular flexibility index (Phi) is 39.0. The van der Waals surface area contributed by atoms with Crippen LogP contribution < -0.4 is 83.3 Å². The number of aryl methyl sites for hydroxylation is 6. The maximum atomic E-state index is 5.30. The Morgan fingerprint density at radius 3 is 1.53 bits per heavy atom. The fourth-order valence-electron chi connectivity index (χ4n) is 16.8. The average Bonchev–Trinajstić information content (AvgIpc) is 1.77. The van der Waals surface area contributed by atoms with Gasteiger partial charge in [-0.25, -0.2) is 44.9 Å². The molecule has 13 N–H and O–H groups in total. The van der Waals surface area contributed by atoms with Crippen LogP contribution in [0, 0.1) is 5.92 Å². The van der Waals surface area contributed by atoms with E-state index in [0.717, 1.165) is 227 Å². The van der Waals surface area contributed by atoms with Gasteiger partial charge < -0.3 is 87.7 Å². The van der Waals surface area contributed by atoms with Crippen LogP contribution >= 0.6 is 11.8 Å². The highest BCUT2D eigenvalue weighted by molar-refractivity contribution is 7.99. The number of piperidine rings is 1. The molecule has 2 atom stereocenters. The van der Waals surface area contributed by atoms with Gasteiger partial charge >= 0.3 is 0 Å². The van der Waals surface area contributed by atoms with E-state index in [1.165, 1.54) is 152 Å². The summed E-state index contributed by atoms with van der Waals surface area (Å²) < 4.78 is 21.0. The Labute approximate surface area is 802 Å². The van der Waals surface area contributed by atoms with Crippen LogP contribution in [-0.2, 0) is 57.9 Å². The molecule has 708 valence electrons. The summed E-state index contributed by atoms with van der Waals surface area (Å²) in [6, 6.07) is 55.4. The minimum absolute atomic E-state index is 0.664. The predicted molar refractivity (Wildman–Crippen MR) is 548 cm³/mol. The molecule has 0 amide bonds. The molecule has 2 fully saturated rings. The number of furan rings is 1. The highest BCUT2D eigenvalue weighted by atomic mass is 32.2. The summed E-state index contributed by atoms with van der Waals surface area (Å²) in [6.07, 6.45) is 47.2. The van der Waals surface area contributed by atoms with Gasteiger partial charge in [-0.05, 0) is 265 Å². The molecule has 3 aromatic carbocycles. The number of para-hydroxylation sites is 3. The number of hydrogen-bond acceptors (Lipinski definition) is 31. The van der Waals surface area contributed by atoms with Crippen LogP contribution in [0.4, 0.5) is 63.7 Å². The molecule has 30 nitrogen and oxygen atoms in total. The van der Waals surface area contributed by atoms with Crippen molar-refractivity contribution in [1.29, 1.82) is 0 Å². The van der Waals surface area contributed by atoms with E-state index in [-0.39, 0.29) is 0 Å². The lowest BCUT2D eigenvalue weighted by Crippen LogP contribution is -2.23. The number of aromatic nitrogens is 13. The van der Waals surface area contributed by atoms with Crippen molar-refractivity contribution in [1.82, 2.24) is 75.7 Å². The minimum Gasteiger partial charge on any atom is -0.488 e. The van der Waals surface area contributed by atoms with Gasteiger partial charge in [0.25, 0.3) is 0 Å². The lowest BCUT2D eigenvalue weighted by molar-refractivity contribution is 0.171. The van der Waals surface area contributed by atoms with Crippen molar-refractivity contribution in [2.24, 2.45) is 5.92 Å². The van der Waals surface area contributed by atoms with Crippen molar-refractivity contribution >= 4 is 86.5 Å². The van der Waals surface area contributed by atoms with Gasteiger partial charge in [0, 0.05) is 173 Å². The van der Waals surface area contributed by atoms with Gasteiger partial charge in [0.05, 0.1) is 30.4 Å². The van der Waals surface area contributed by atoms with Crippen molar-refractivity contribution in [3.63, 3.8) is 0 Å². The number of nitrogens with one attached hydrogen (secondary N) is 13. The quantitative estimate of drug-likeness (QED) is 0.0670. The smallest absolute Gasteiger partial charge is 0.168 e. The van der Waals surface area contributed by atoms with Gasteiger partial charge in [-0.1, -0.05) is 72.8 Å². The predicted octanol–water partition coefficient (Wildman–Crippen LogP) is 17.6. The molecule has 24 heterocycles. The fraction of sp³-hybridized carbons (Fsp3) is 0.362. The Bertz CT molecular complexity index is 4680. The number of nitrogens with zero attached hydrogens (tertiary/aromatic N) is 13. The van der Waals surface area contributed by atoms with Crippen LogP contribution in [0.15, 0.2) is 260 Å². The van der Waals surface area contributed by atoms with Gasteiger partial charge in [0.15, 0.2) is 28.9 Å². The number of thioether (sulfide) groups is 1. The molecule has 2 unspecified atom stereocenters. The molecule has 1 aliphatic carbocycles. The van der Waals surface area contributed by atoms with E-state index in [4.69, 9.17) is 18.6 Å². The van der Waals surface area contributed by atoms with E-state index in [2.05, 4.69) is 183 Å². The lowest BCUT2D eigenvalue weighted by Gasteiger charge is -2.17. The SMILES string of the molecule is C1CC2CC1CN2.c1cc2c(cn1)CCCN2.c1cc2c(nn1)NCCC2.c1ccc2c(c1)CCNC2.c1ccc2c(c1)OCCO2.c1ccc2occc2c1.c1cnc2c(c1)CCCCN2.c1cnc2c(c1)CCCN2.c1cnc2c(c1)CCN2.c1cnc2c(c1)NCCN2.c1cnc2c(c1)OCCN2.c1cnc2c(c1)SCCN2.c1cnc2c(n1)CCCN2.c1ncc2c(n1)NCCC2. The number of ether oxygens (including phenoxy) is 3. The molecule has 1 saturated heterocycles. The lowest BCUT2D eigenvalue weighted by atomic mass is 10.0. The standard InChI is InChI=1S/C9H12N2.C9H11N.2C8H10N2.C8H8O2.C8H6O.4C7H9N3.C7H8N2O.C7H8N2S.C7H8N2.C6H11N/c1-2-6-10-9-8(4-1)5-3-7-11-9;1-2-4-9-7-10-6-5-8(9)3-1;1-3-7-4-2-6-10-8(7)9-5-1;1-2-7-6-9-5-3-8(7)10-4-1;1-2-4-8-7(3-1)9-5-6-10-8;1-2-4-8-7(3-1)5-6-9-8;1-2-6-3-5-9-10-7(6)8-4-1;1-2-6-4-8-5-10-7(6)9-3-1;2*1-2-6-7(9-3-1)10-5-4-8-6;2*1-2-6-7(8-3-1)9-4-5-10-6;1-2-6-3-5-9-7(6)8-4-1;1-2-6-3-5(1)4-7-6/h3,5,7H,1-2,4,6H2,(H,10,11);1-4,10H,5-7H2;1,3,5H,2,4,6H2,(H,9,10);3,5-6,10H,1-2,4H2;1-4H,5-6H2;1-6H;3,5H,1-2,4H2,(H,8,10);4-5H,1-3H2,(H,8,9,10);4-5H,1-3H2,(H,9,10);1-3,8H,4-5H2,(H,9,10);2*1-3H,4-5H2,(H,8,9);1-2,4H,3,5H2,(H,8,9);5-7H,1-4H2. The van der Waals surface area contributed by atoms with Crippen molar-refractivity contribution in [2.75, 3.05) is 169 Å². The first-order valence-corrected chi connectivity index (χ1v) is 49.1. The van der Waals surface area contributed by atoms with Crippen LogP contribution in [-0.4, -0.2) is 182 Å². The van der Waals surface area contributed by atoms with E-state index in [1.807, 2.05) is 170 Å². The van der Waals surface area contributed by atoms with Crippen molar-refractivity contribution in [3.05, 3.63) is 301 Å². The Hall–Kier alpha value is -14.0. The van der Waals surface area contributed by atoms with E-state index in [0.29, 0.717) is 13.2 Å². The molecule has 0 radical (unpaired) electrons. The van der Waals surface area contributed by atoms with Crippen LogP contribution in [0.5, 0.6) is 17.2 Å². The van der Waals surface area contributed by atoms with E-state index < -0.39 is 0 Å². The third-order valence-corrected chi connectivity index (χ3v) is 24.8. The van der Waals surface area contributed by atoms with Crippen LogP contribution in [0.1, 0.15) is 114 Å². The first kappa shape index (κ1) is 96.5. The van der Waals surface area contributed by atoms with Crippen molar-refractivity contribution < 1.29 is 18.6 Å². The number of fused-ring (bicyclic) bond motifs is 15. The molecule has 28 rings (SSSR count). The molecule has 0 spiro atoms. The van der Waals surface area contributed by atoms with Crippen LogP contribution in [0.2, 0.25) is 0 Å². The monoisotopic (exact) mass is 1850 g/mol. The summed E-state index contributed by atoms with van der Waals surface area (Å²) in [7, 11) is 0. The van der Waals surface area contributed by atoms with Crippen molar-refractivity contribution in [2.45, 2.75) is 133 Å². The second-order valence-electron chi connectivity index (χ2n) is 33.5. The average molecular weight is 1850 g/mol. The number of anilines is 11. The molecular weight excluding hydrogens is 1720 g/mol. The number of hydrogen-bond donors (Lipinski definition) is 13. The molecule has 136 heavy (non-hydrogen) atoms. The van der Waals surface area contributed by atoms with Crippen molar-refractivity contribution in [3.8, 4) is 17.2 Å². The van der Waals surface area contributed by atoms with Gasteiger partial charge in [-0.2, -0.15) is 5.10 Å². The number of pyridine rings is 7. The Balaban J connectivity index is 0.000000111. The zero-order valence-electron chi connectivity index (χ0n) is 77.6. The fourth-order valence-corrected chi connectivity index (χ4v) is 17.7. The second kappa shape index (κ2) is 55.0. The summed E-state index contributed by atoms with van der Waals surface area (Å²) >= 11 is 1.86. The summed E-state index contributed by atoms with van der Waals surface area (Å²) in [5.41, 5.74) is 15.4. The summed E-state index contributed by atoms with van der Waals surface area (Å²) in [5, 5.41) is 51.2. The third-order valence-electron chi connectivity index (χ3n) is 23.8. The summed E-state index contributed by atoms with van der Waals surface area (Å²) in [4.78, 5) is 46.8. The molecule has 14 aromatic rings. The van der Waals surface area contributed by atoms with Crippen LogP contribution in [0.3, 0.4) is 0 Å². The maximum Gasteiger partial charge on any atom is 0.168 e. The third kappa shape index (κ3) is 31.3. The first-order chi connectivity index (χ1) is 67.5. The van der Waals surface area contributed by atoms with Gasteiger partial charge in [-0.3, -0.25) is 9.97 Å². The zero-order valence-corrected chi connectivity index (χ0v) is 78.5. The molecule has 14 aliphatic rings. The molecule has 13 aliphatic heterocycles. The maximum absolute atomic E-state index is 5.30. The topological polar surface area (TPSA) is 365 Å². The summed E-state index contributed by atoms with van der Waals surface area (Å²) in [5.74, 6) is 13.8. The first-order valence-electron chi connectivity index (χ1n) is 48.2. The zero-order chi connectivity index (χ0) is 92.5. The molecule has 11 aromatic heterocycles. The highest BCUT2D eigenvalue weighted by Crippen LogP contribution is 2.33. The van der Waals surface area contributed by atoms with Gasteiger partial charge in [0.1, 0.15) is 72.5 Å². The molecule has 2 bridgehead atoms. The van der Waals surface area contributed by atoms with Crippen LogP contribution in [0.25, 0.3) is 11.0 Å².